The van der Waals surface area contributed by atoms with E-state index < -0.39 is 55.1 Å². The molecule has 0 amide bonds. The van der Waals surface area contributed by atoms with Crippen LogP contribution in [-0.4, -0.2) is 106 Å². The standard InChI is InChI=1S/C15H21N5O8/c16-13-7-14(18-3-17-13)20(4-19-7)15(11(26)9(24)6(1-21)28-15)12-10(25)8(23)5(22)2-27-12/h3-6,8-12,21-26H,1-2H2,(H2,16,17,18)/t5-,6+,8-,9+,10-,11+,12-,15-/m0/s1. The summed E-state index contributed by atoms with van der Waals surface area (Å²) in [5.41, 5.74) is 4.04. The van der Waals surface area contributed by atoms with Gasteiger partial charge in [-0.25, -0.2) is 15.0 Å². The van der Waals surface area contributed by atoms with Gasteiger partial charge >= 0.3 is 0 Å². The normalized spacial score (nSPS) is 41.6. The van der Waals surface area contributed by atoms with Crippen molar-refractivity contribution >= 4 is 17.0 Å². The molecule has 0 unspecified atom stereocenters. The van der Waals surface area contributed by atoms with E-state index in [1.165, 1.54) is 10.9 Å². The van der Waals surface area contributed by atoms with Crippen molar-refractivity contribution in [3.8, 4) is 0 Å². The molecule has 2 saturated heterocycles. The zero-order valence-electron chi connectivity index (χ0n) is 14.5. The van der Waals surface area contributed by atoms with E-state index in [2.05, 4.69) is 15.0 Å². The minimum absolute atomic E-state index is 0.0474. The predicted molar refractivity (Wildman–Crippen MR) is 89.4 cm³/mol. The Bertz CT molecular complexity index is 866. The zero-order chi connectivity index (χ0) is 20.2. The third-order valence-electron chi connectivity index (χ3n) is 5.30. The number of hydrogen-bond acceptors (Lipinski definition) is 12. The maximum Gasteiger partial charge on any atom is 0.205 e. The number of aromatic nitrogens is 4. The van der Waals surface area contributed by atoms with Crippen LogP contribution in [0.4, 0.5) is 5.82 Å². The molecule has 0 bridgehead atoms. The van der Waals surface area contributed by atoms with Gasteiger partial charge < -0.3 is 45.8 Å². The van der Waals surface area contributed by atoms with E-state index in [0.29, 0.717) is 0 Å². The molecule has 0 saturated carbocycles. The average Bonchev–Trinajstić information content (AvgIpc) is 3.22. The van der Waals surface area contributed by atoms with Gasteiger partial charge in [-0.1, -0.05) is 0 Å². The highest BCUT2D eigenvalue weighted by atomic mass is 16.6. The number of imidazole rings is 1. The molecule has 13 nitrogen and oxygen atoms in total. The molecule has 2 aromatic heterocycles. The molecule has 0 spiro atoms. The third kappa shape index (κ3) is 2.53. The Kier molecular flexibility index (Phi) is 4.71. The smallest absolute Gasteiger partial charge is 0.205 e. The molecule has 13 heteroatoms. The molecule has 2 aliphatic rings. The summed E-state index contributed by atoms with van der Waals surface area (Å²) < 4.78 is 12.5. The van der Waals surface area contributed by atoms with E-state index in [-0.39, 0.29) is 23.6 Å². The SMILES string of the molecule is Nc1ncnc2c1ncn2[C@]1([C@H]2OC[C@H](O)[C@H](O)[C@@H]2O)O[C@H](CO)[C@@H](O)[C@H]1O. The second kappa shape index (κ2) is 6.82. The van der Waals surface area contributed by atoms with Crippen LogP contribution in [0.5, 0.6) is 0 Å². The van der Waals surface area contributed by atoms with Crippen molar-refractivity contribution in [3.63, 3.8) is 0 Å². The van der Waals surface area contributed by atoms with Gasteiger partial charge in [0.25, 0.3) is 0 Å². The first-order chi connectivity index (χ1) is 13.3. The van der Waals surface area contributed by atoms with E-state index >= 15 is 0 Å². The van der Waals surface area contributed by atoms with Gasteiger partial charge in [-0.3, -0.25) is 4.57 Å². The molecule has 4 rings (SSSR count). The molecule has 2 aliphatic heterocycles. The zero-order valence-corrected chi connectivity index (χ0v) is 14.5. The van der Waals surface area contributed by atoms with Crippen LogP contribution in [-0.2, 0) is 15.2 Å². The summed E-state index contributed by atoms with van der Waals surface area (Å²) in [6, 6.07) is 0. The van der Waals surface area contributed by atoms with Crippen molar-refractivity contribution < 1.29 is 40.1 Å². The lowest BCUT2D eigenvalue weighted by atomic mass is 9.87. The van der Waals surface area contributed by atoms with Crippen molar-refractivity contribution in [2.75, 3.05) is 18.9 Å². The lowest BCUT2D eigenvalue weighted by molar-refractivity contribution is -0.286. The molecule has 0 radical (unpaired) electrons. The van der Waals surface area contributed by atoms with Gasteiger partial charge in [0.05, 0.1) is 19.5 Å². The van der Waals surface area contributed by atoms with Crippen molar-refractivity contribution in [2.45, 2.75) is 48.5 Å². The van der Waals surface area contributed by atoms with Gasteiger partial charge in [0.15, 0.2) is 11.5 Å². The van der Waals surface area contributed by atoms with Crippen molar-refractivity contribution in [2.24, 2.45) is 0 Å². The molecule has 154 valence electrons. The van der Waals surface area contributed by atoms with Gasteiger partial charge in [0.2, 0.25) is 5.72 Å². The van der Waals surface area contributed by atoms with Crippen LogP contribution in [0.15, 0.2) is 12.7 Å². The summed E-state index contributed by atoms with van der Waals surface area (Å²) in [5, 5.41) is 61.3. The fourth-order valence-electron chi connectivity index (χ4n) is 3.83. The number of aliphatic hydroxyl groups excluding tert-OH is 6. The second-order valence-electron chi connectivity index (χ2n) is 6.87. The summed E-state index contributed by atoms with van der Waals surface area (Å²) in [4.78, 5) is 12.0. The highest BCUT2D eigenvalue weighted by Crippen LogP contribution is 2.44. The highest BCUT2D eigenvalue weighted by Gasteiger charge is 2.64. The lowest BCUT2D eigenvalue weighted by Gasteiger charge is -2.46. The number of nitrogens with zero attached hydrogens (tertiary/aromatic N) is 4. The minimum Gasteiger partial charge on any atom is -0.394 e. The minimum atomic E-state index is -2.04. The van der Waals surface area contributed by atoms with Gasteiger partial charge in [0.1, 0.15) is 54.6 Å². The third-order valence-corrected chi connectivity index (χ3v) is 5.30. The highest BCUT2D eigenvalue weighted by molar-refractivity contribution is 5.81. The first-order valence-corrected chi connectivity index (χ1v) is 8.57. The Balaban J connectivity index is 1.91. The summed E-state index contributed by atoms with van der Waals surface area (Å²) >= 11 is 0. The fourth-order valence-corrected chi connectivity index (χ4v) is 3.83. The van der Waals surface area contributed by atoms with Crippen LogP contribution in [0.2, 0.25) is 0 Å². The Morgan fingerprint density at radius 2 is 1.86 bits per heavy atom. The fraction of sp³-hybridized carbons (Fsp3) is 0.667. The predicted octanol–water partition coefficient (Wildman–Crippen LogP) is -4.34. The largest absolute Gasteiger partial charge is 0.394 e. The van der Waals surface area contributed by atoms with Crippen LogP contribution in [0, 0.1) is 0 Å². The molecular weight excluding hydrogens is 378 g/mol. The summed E-state index contributed by atoms with van der Waals surface area (Å²) in [6.07, 6.45) is -8.28. The summed E-state index contributed by atoms with van der Waals surface area (Å²) in [6.45, 7) is -1.01. The molecule has 8 atom stereocenters. The molecule has 4 heterocycles. The van der Waals surface area contributed by atoms with E-state index in [0.717, 1.165) is 6.33 Å². The lowest BCUT2D eigenvalue weighted by Crippen LogP contribution is -2.65. The van der Waals surface area contributed by atoms with Gasteiger partial charge in [-0.2, -0.15) is 0 Å². The number of rotatable bonds is 3. The number of ether oxygens (including phenoxy) is 2. The topological polar surface area (TPSA) is 209 Å². The monoisotopic (exact) mass is 399 g/mol. The van der Waals surface area contributed by atoms with Crippen LogP contribution < -0.4 is 5.73 Å². The molecule has 2 fully saturated rings. The first-order valence-electron chi connectivity index (χ1n) is 8.57. The molecule has 0 aliphatic carbocycles. The van der Waals surface area contributed by atoms with Crippen molar-refractivity contribution in [1.82, 2.24) is 19.5 Å². The maximum atomic E-state index is 10.9. The van der Waals surface area contributed by atoms with Gasteiger partial charge in [0, 0.05) is 0 Å². The molecule has 0 aromatic carbocycles. The number of nitrogens with two attached hydrogens (primary N) is 1. The van der Waals surface area contributed by atoms with E-state index in [1.54, 1.807) is 0 Å². The van der Waals surface area contributed by atoms with Gasteiger partial charge in [-0.15, -0.1) is 0 Å². The number of hydrogen-bond donors (Lipinski definition) is 7. The first kappa shape index (κ1) is 19.4. The number of aliphatic hydroxyl groups is 6. The average molecular weight is 399 g/mol. The van der Waals surface area contributed by atoms with Crippen LogP contribution in [0.3, 0.4) is 0 Å². The quantitative estimate of drug-likeness (QED) is 0.261. The Labute approximate surface area is 157 Å². The molecular formula is C15H21N5O8. The number of fused-ring (bicyclic) bond motifs is 1. The Morgan fingerprint density at radius 3 is 2.54 bits per heavy atom. The number of nitrogen functional groups attached to an aromatic ring is 1. The van der Waals surface area contributed by atoms with Crippen molar-refractivity contribution in [1.29, 1.82) is 0 Å². The second-order valence-corrected chi connectivity index (χ2v) is 6.87. The summed E-state index contributed by atoms with van der Waals surface area (Å²) in [7, 11) is 0. The van der Waals surface area contributed by atoms with E-state index in [4.69, 9.17) is 15.2 Å². The van der Waals surface area contributed by atoms with Crippen LogP contribution in [0.1, 0.15) is 0 Å². The maximum absolute atomic E-state index is 10.9. The van der Waals surface area contributed by atoms with Gasteiger partial charge in [-0.05, 0) is 0 Å². The summed E-state index contributed by atoms with van der Waals surface area (Å²) in [5.74, 6) is 0.0474. The van der Waals surface area contributed by atoms with Crippen LogP contribution in [0.25, 0.3) is 11.2 Å². The van der Waals surface area contributed by atoms with Crippen molar-refractivity contribution in [3.05, 3.63) is 12.7 Å². The Hall–Kier alpha value is -1.97. The van der Waals surface area contributed by atoms with E-state index in [1.807, 2.05) is 0 Å². The van der Waals surface area contributed by atoms with Crippen LogP contribution >= 0.6 is 0 Å². The van der Waals surface area contributed by atoms with E-state index in [9.17, 15) is 30.6 Å². The molecule has 8 N–H and O–H groups in total. The molecule has 2 aromatic rings. The molecule has 28 heavy (non-hydrogen) atoms. The number of anilines is 1. The Morgan fingerprint density at radius 1 is 1.11 bits per heavy atom.